The van der Waals surface area contributed by atoms with Gasteiger partial charge in [-0.05, 0) is 51.8 Å². The molecule has 108 valence electrons. The van der Waals surface area contributed by atoms with Gasteiger partial charge in [0, 0.05) is 18.2 Å². The molecule has 0 aromatic heterocycles. The van der Waals surface area contributed by atoms with Gasteiger partial charge >= 0.3 is 0 Å². The molecule has 2 atom stereocenters. The predicted octanol–water partition coefficient (Wildman–Crippen LogP) is 3.64. The zero-order valence-electron chi connectivity index (χ0n) is 12.2. The fraction of sp³-hybridized carbons (Fsp3) is 0.600. The zero-order chi connectivity index (χ0) is 14.5. The summed E-state index contributed by atoms with van der Waals surface area (Å²) in [5, 5.41) is 0.666. The number of nitrogens with two attached hydrogens (primary N) is 1. The number of methoxy groups -OCH3 is 1. The van der Waals surface area contributed by atoms with Gasteiger partial charge in [-0.2, -0.15) is 0 Å². The molecule has 0 fully saturated rings. The van der Waals surface area contributed by atoms with Crippen molar-refractivity contribution < 1.29 is 9.47 Å². The van der Waals surface area contributed by atoms with Gasteiger partial charge in [0.15, 0.2) is 0 Å². The number of hydrogen-bond donors (Lipinski definition) is 1. The van der Waals surface area contributed by atoms with Crippen LogP contribution in [-0.4, -0.2) is 24.9 Å². The molecule has 19 heavy (non-hydrogen) atoms. The molecule has 2 N–H and O–H groups in total. The van der Waals surface area contributed by atoms with Crippen molar-refractivity contribution >= 4 is 11.6 Å². The maximum absolute atomic E-state index is 6.15. The summed E-state index contributed by atoms with van der Waals surface area (Å²) in [5.41, 5.74) is 6.01. The largest absolute Gasteiger partial charge is 0.489 e. The second-order valence-corrected chi connectivity index (χ2v) is 5.88. The van der Waals surface area contributed by atoms with Crippen LogP contribution in [-0.2, 0) is 4.74 Å². The van der Waals surface area contributed by atoms with E-state index in [0.717, 1.165) is 18.6 Å². The second kappa shape index (κ2) is 7.13. The second-order valence-electron chi connectivity index (χ2n) is 5.45. The molecule has 1 aromatic carbocycles. The van der Waals surface area contributed by atoms with Crippen molar-refractivity contribution in [2.75, 3.05) is 7.11 Å². The Labute approximate surface area is 121 Å². The first kappa shape index (κ1) is 16.3. The molecular weight excluding hydrogens is 262 g/mol. The third-order valence-electron chi connectivity index (χ3n) is 3.35. The maximum Gasteiger partial charge on any atom is 0.121 e. The van der Waals surface area contributed by atoms with Gasteiger partial charge in [-0.1, -0.05) is 17.7 Å². The van der Waals surface area contributed by atoms with Crippen LogP contribution in [0.3, 0.4) is 0 Å². The van der Waals surface area contributed by atoms with Crippen LogP contribution in [0.2, 0.25) is 5.02 Å². The highest BCUT2D eigenvalue weighted by atomic mass is 35.5. The normalized spacial score (nSPS) is 15.1. The Morgan fingerprint density at radius 1 is 1.37 bits per heavy atom. The standard InChI is InChI=1S/C15H24ClNO2/c1-11(14(17)8-9-15(2,3)18-4)19-13-7-5-6-12(16)10-13/h5-7,10-11,14H,8-9,17H2,1-4H3. The number of benzene rings is 1. The van der Waals surface area contributed by atoms with E-state index in [1.807, 2.05) is 25.1 Å². The Kier molecular flexibility index (Phi) is 6.11. The van der Waals surface area contributed by atoms with Crippen LogP contribution in [0.1, 0.15) is 33.6 Å². The lowest BCUT2D eigenvalue weighted by Crippen LogP contribution is -2.38. The molecule has 0 heterocycles. The third kappa shape index (κ3) is 5.81. The van der Waals surface area contributed by atoms with Gasteiger partial charge in [-0.15, -0.1) is 0 Å². The van der Waals surface area contributed by atoms with Crippen LogP contribution >= 0.6 is 11.6 Å². The first-order valence-corrected chi connectivity index (χ1v) is 6.95. The SMILES string of the molecule is COC(C)(C)CCC(N)C(C)Oc1cccc(Cl)c1. The number of ether oxygens (including phenoxy) is 2. The van der Waals surface area contributed by atoms with Crippen LogP contribution in [0.5, 0.6) is 5.75 Å². The zero-order valence-corrected chi connectivity index (χ0v) is 12.9. The summed E-state index contributed by atoms with van der Waals surface area (Å²) >= 11 is 5.92. The van der Waals surface area contributed by atoms with Gasteiger partial charge in [0.2, 0.25) is 0 Å². The first-order valence-electron chi connectivity index (χ1n) is 6.57. The lowest BCUT2D eigenvalue weighted by atomic mass is 9.97. The van der Waals surface area contributed by atoms with E-state index in [1.54, 1.807) is 13.2 Å². The highest BCUT2D eigenvalue weighted by Crippen LogP contribution is 2.21. The highest BCUT2D eigenvalue weighted by Gasteiger charge is 2.21. The minimum absolute atomic E-state index is 0.0339. The van der Waals surface area contributed by atoms with Crippen LogP contribution in [0.4, 0.5) is 0 Å². The van der Waals surface area contributed by atoms with Crippen molar-refractivity contribution in [1.29, 1.82) is 0 Å². The smallest absolute Gasteiger partial charge is 0.121 e. The minimum atomic E-state index is -0.145. The lowest BCUT2D eigenvalue weighted by molar-refractivity contribution is 0.00981. The fourth-order valence-electron chi connectivity index (χ4n) is 1.69. The molecule has 0 bridgehead atoms. The molecule has 1 aromatic rings. The molecule has 1 rings (SSSR count). The van der Waals surface area contributed by atoms with Crippen molar-refractivity contribution in [3.63, 3.8) is 0 Å². The Bertz CT molecular complexity index is 395. The molecule has 0 aliphatic carbocycles. The quantitative estimate of drug-likeness (QED) is 0.832. The Morgan fingerprint density at radius 2 is 2.05 bits per heavy atom. The highest BCUT2D eigenvalue weighted by molar-refractivity contribution is 6.30. The molecule has 0 saturated carbocycles. The number of rotatable bonds is 7. The van der Waals surface area contributed by atoms with E-state index in [2.05, 4.69) is 13.8 Å². The van der Waals surface area contributed by atoms with Crippen LogP contribution in [0, 0.1) is 0 Å². The van der Waals surface area contributed by atoms with E-state index in [-0.39, 0.29) is 17.7 Å². The molecule has 0 spiro atoms. The number of halogens is 1. The van der Waals surface area contributed by atoms with Crippen molar-refractivity contribution in [2.24, 2.45) is 5.73 Å². The van der Waals surface area contributed by atoms with E-state index in [4.69, 9.17) is 26.8 Å². The summed E-state index contributed by atoms with van der Waals surface area (Å²) in [7, 11) is 1.72. The topological polar surface area (TPSA) is 44.5 Å². The third-order valence-corrected chi connectivity index (χ3v) is 3.59. The average Bonchev–Trinajstić information content (AvgIpc) is 2.36. The number of hydrogen-bond acceptors (Lipinski definition) is 3. The van der Waals surface area contributed by atoms with E-state index in [9.17, 15) is 0 Å². The van der Waals surface area contributed by atoms with E-state index < -0.39 is 0 Å². The molecule has 0 radical (unpaired) electrons. The van der Waals surface area contributed by atoms with Gasteiger partial charge in [-0.3, -0.25) is 0 Å². The Balaban J connectivity index is 2.47. The summed E-state index contributed by atoms with van der Waals surface area (Å²) in [6.45, 7) is 6.09. The molecule has 0 amide bonds. The summed E-state index contributed by atoms with van der Waals surface area (Å²) in [6.07, 6.45) is 1.68. The molecule has 2 unspecified atom stereocenters. The van der Waals surface area contributed by atoms with E-state index in [1.165, 1.54) is 0 Å². The average molecular weight is 286 g/mol. The summed E-state index contributed by atoms with van der Waals surface area (Å²) in [5.74, 6) is 0.751. The van der Waals surface area contributed by atoms with Crippen molar-refractivity contribution in [1.82, 2.24) is 0 Å². The van der Waals surface area contributed by atoms with Crippen molar-refractivity contribution in [2.45, 2.75) is 51.4 Å². The Morgan fingerprint density at radius 3 is 2.63 bits per heavy atom. The van der Waals surface area contributed by atoms with Crippen LogP contribution in [0.25, 0.3) is 0 Å². The van der Waals surface area contributed by atoms with Gasteiger partial charge in [0.25, 0.3) is 0 Å². The fourth-order valence-corrected chi connectivity index (χ4v) is 1.87. The monoisotopic (exact) mass is 285 g/mol. The molecule has 0 aliphatic rings. The lowest BCUT2D eigenvalue weighted by Gasteiger charge is -2.27. The molecular formula is C15H24ClNO2. The summed E-state index contributed by atoms with van der Waals surface area (Å²) in [4.78, 5) is 0. The maximum atomic E-state index is 6.15. The molecule has 4 heteroatoms. The molecule has 3 nitrogen and oxygen atoms in total. The van der Waals surface area contributed by atoms with Gasteiger partial charge in [0.05, 0.1) is 5.60 Å². The van der Waals surface area contributed by atoms with E-state index >= 15 is 0 Å². The summed E-state index contributed by atoms with van der Waals surface area (Å²) in [6, 6.07) is 7.33. The Hall–Kier alpha value is -0.770. The molecule has 0 saturated heterocycles. The predicted molar refractivity (Wildman–Crippen MR) is 79.8 cm³/mol. The van der Waals surface area contributed by atoms with Gasteiger partial charge < -0.3 is 15.2 Å². The summed E-state index contributed by atoms with van der Waals surface area (Å²) < 4.78 is 11.2. The van der Waals surface area contributed by atoms with Crippen LogP contribution < -0.4 is 10.5 Å². The van der Waals surface area contributed by atoms with Gasteiger partial charge in [-0.25, -0.2) is 0 Å². The van der Waals surface area contributed by atoms with E-state index in [0.29, 0.717) is 5.02 Å². The van der Waals surface area contributed by atoms with Crippen molar-refractivity contribution in [3.05, 3.63) is 29.3 Å². The molecule has 0 aliphatic heterocycles. The van der Waals surface area contributed by atoms with Crippen molar-refractivity contribution in [3.8, 4) is 5.75 Å². The minimum Gasteiger partial charge on any atom is -0.489 e. The van der Waals surface area contributed by atoms with Gasteiger partial charge in [0.1, 0.15) is 11.9 Å². The van der Waals surface area contributed by atoms with Crippen LogP contribution in [0.15, 0.2) is 24.3 Å². The first-order chi connectivity index (χ1) is 8.84.